The number of nitrogens with zero attached hydrogens (tertiary/aromatic N) is 5. The number of hydrogen-bond donors (Lipinski definition) is 3. The summed E-state index contributed by atoms with van der Waals surface area (Å²) in [6, 6.07) is 1.08. The van der Waals surface area contributed by atoms with E-state index in [0.717, 1.165) is 16.8 Å². The zero-order valence-corrected chi connectivity index (χ0v) is 22.9. The Labute approximate surface area is 230 Å². The van der Waals surface area contributed by atoms with Crippen LogP contribution in [0, 0.1) is 0 Å². The normalized spacial score (nSPS) is 35.5. The lowest BCUT2D eigenvalue weighted by molar-refractivity contribution is -0.0666. The molecule has 220 valence electrons. The Balaban J connectivity index is 1.28. The van der Waals surface area contributed by atoms with Crippen molar-refractivity contribution in [3.63, 3.8) is 0 Å². The molecule has 3 aliphatic heterocycles. The van der Waals surface area contributed by atoms with Gasteiger partial charge in [-0.05, 0) is 0 Å². The minimum Gasteiger partial charge on any atom is -0.382 e. The number of nitrogens with one attached hydrogen (secondary N) is 1. The molecule has 2 unspecified atom stereocenters. The van der Waals surface area contributed by atoms with E-state index in [9.17, 15) is 23.6 Å². The second-order valence-corrected chi connectivity index (χ2v) is 11.6. The first-order valence-corrected chi connectivity index (χ1v) is 14.7. The highest BCUT2D eigenvalue weighted by Crippen LogP contribution is 2.51. The average Bonchev–Trinajstić information content (AvgIpc) is 3.61. The molecule has 3 aromatic heterocycles. The van der Waals surface area contributed by atoms with Gasteiger partial charge in [0.05, 0.1) is 19.0 Å². The number of fused-ring (bicyclic) bond motifs is 4. The van der Waals surface area contributed by atoms with Crippen LogP contribution in [0.1, 0.15) is 18.9 Å². The van der Waals surface area contributed by atoms with Gasteiger partial charge in [0, 0.05) is 30.4 Å². The Morgan fingerprint density at radius 3 is 2.78 bits per heavy atom. The quantitative estimate of drug-likeness (QED) is 0.321. The maximum atomic E-state index is 13.0. The Morgan fingerprint density at radius 1 is 1.17 bits per heavy atom. The molecule has 41 heavy (non-hydrogen) atoms. The number of hydrogen-bond acceptors (Lipinski definition) is 15. The molecule has 3 aliphatic rings. The van der Waals surface area contributed by atoms with Gasteiger partial charge in [0.1, 0.15) is 36.8 Å². The lowest BCUT2D eigenvalue weighted by atomic mass is 10.1. The molecule has 0 aliphatic carbocycles. The number of ether oxygens (including phenoxy) is 3. The third-order valence-electron chi connectivity index (χ3n) is 6.73. The van der Waals surface area contributed by atoms with E-state index in [1.165, 1.54) is 24.3 Å². The van der Waals surface area contributed by atoms with Crippen LogP contribution >= 0.6 is 16.1 Å². The smallest absolute Gasteiger partial charge is 0.382 e. The second-order valence-electron chi connectivity index (χ2n) is 9.25. The summed E-state index contributed by atoms with van der Waals surface area (Å²) in [6.45, 7) is -0.857. The summed E-state index contributed by atoms with van der Waals surface area (Å²) in [5.74, 6) is 0.136. The van der Waals surface area contributed by atoms with E-state index in [-0.39, 0.29) is 18.8 Å². The van der Waals surface area contributed by atoms with Crippen molar-refractivity contribution in [3.8, 4) is 0 Å². The van der Waals surface area contributed by atoms with E-state index in [1.807, 2.05) is 0 Å². The first-order chi connectivity index (χ1) is 19.6. The van der Waals surface area contributed by atoms with E-state index in [0.29, 0.717) is 11.2 Å². The van der Waals surface area contributed by atoms with Gasteiger partial charge in [0.25, 0.3) is 5.56 Å². The number of H-pyrrole nitrogens is 1. The summed E-state index contributed by atoms with van der Waals surface area (Å²) in [7, 11) is -6.24. The van der Waals surface area contributed by atoms with Crippen molar-refractivity contribution in [2.24, 2.45) is 0 Å². The number of aromatic nitrogens is 6. The first-order valence-electron chi connectivity index (χ1n) is 12.1. The number of methoxy groups -OCH3 is 1. The summed E-state index contributed by atoms with van der Waals surface area (Å²) in [5, 5.41) is 0. The highest BCUT2D eigenvalue weighted by atomic mass is 31.2. The maximum absolute atomic E-state index is 13.0. The molecular formula is C20H24N7O12P2+. The Hall–Kier alpha value is -2.96. The van der Waals surface area contributed by atoms with E-state index < -0.39 is 76.9 Å². The fraction of sp³-hybridized carbons (Fsp3) is 0.550. The van der Waals surface area contributed by atoms with Crippen molar-refractivity contribution in [2.75, 3.05) is 26.1 Å². The van der Waals surface area contributed by atoms with Gasteiger partial charge in [-0.2, -0.15) is 0 Å². The van der Waals surface area contributed by atoms with Gasteiger partial charge in [-0.3, -0.25) is 28.0 Å². The van der Waals surface area contributed by atoms with Crippen molar-refractivity contribution in [1.82, 2.24) is 29.1 Å². The predicted molar refractivity (Wildman–Crippen MR) is 133 cm³/mol. The number of phosphoric acid groups is 1. The molecule has 0 saturated carbocycles. The average molecular weight is 616 g/mol. The lowest BCUT2D eigenvalue weighted by Crippen LogP contribution is -2.37. The van der Waals surface area contributed by atoms with E-state index >= 15 is 0 Å². The zero-order chi connectivity index (χ0) is 28.9. The van der Waals surface area contributed by atoms with Crippen LogP contribution < -0.4 is 17.0 Å². The molecule has 21 heteroatoms. The second kappa shape index (κ2) is 11.0. The van der Waals surface area contributed by atoms with Crippen LogP contribution in [0.3, 0.4) is 0 Å². The van der Waals surface area contributed by atoms with Gasteiger partial charge >= 0.3 is 21.8 Å². The molecule has 4 N–H and O–H groups in total. The van der Waals surface area contributed by atoms with Crippen LogP contribution in [0.5, 0.6) is 0 Å². The number of aromatic amines is 1. The minimum absolute atomic E-state index is 0.0435. The van der Waals surface area contributed by atoms with Gasteiger partial charge in [-0.15, -0.1) is 9.05 Å². The number of phosphoric ester groups is 1. The standard InChI is InChI=1S/C20H23N7O12P2/c1-33-15-14-11(37-19(15)27-8-24-13-16(21)22-7-23-17(13)27)6-35-41(31,32)39-10-4-9(5-34-40(30)38-14)36-18(10)26-3-2-12(28)25-20(26)29/h2-3,7-11,14-15,18-19H,4-6H2,1H3,(H3-,21,22,23,25,28,29,31,32)/p+1/t9-,10+,11+,14+,15+,18+,19+/m0/s1. The van der Waals surface area contributed by atoms with Gasteiger partial charge in [0.15, 0.2) is 30.0 Å². The van der Waals surface area contributed by atoms with Crippen molar-refractivity contribution < 1.29 is 46.3 Å². The maximum Gasteiger partial charge on any atom is 0.697 e. The van der Waals surface area contributed by atoms with Crippen molar-refractivity contribution in [1.29, 1.82) is 0 Å². The fourth-order valence-corrected chi connectivity index (χ4v) is 6.67. The molecule has 0 spiro atoms. The molecule has 0 aromatic carbocycles. The van der Waals surface area contributed by atoms with Crippen LogP contribution in [-0.2, 0) is 41.4 Å². The zero-order valence-electron chi connectivity index (χ0n) is 21.1. The highest BCUT2D eigenvalue weighted by molar-refractivity contribution is 7.47. The largest absolute Gasteiger partial charge is 0.697 e. The molecule has 19 nitrogen and oxygen atoms in total. The van der Waals surface area contributed by atoms with Gasteiger partial charge in [-0.25, -0.2) is 24.3 Å². The van der Waals surface area contributed by atoms with Gasteiger partial charge < -0.3 is 24.8 Å². The Morgan fingerprint density at radius 2 is 2.00 bits per heavy atom. The number of rotatable bonds is 3. The number of nitrogen functional groups attached to an aromatic ring is 1. The fourth-order valence-electron chi connectivity index (χ4n) is 4.93. The molecule has 0 radical (unpaired) electrons. The third kappa shape index (κ3) is 5.49. The van der Waals surface area contributed by atoms with Crippen LogP contribution in [0.15, 0.2) is 34.5 Å². The Bertz CT molecular complexity index is 1630. The van der Waals surface area contributed by atoms with E-state index in [2.05, 4.69) is 19.9 Å². The van der Waals surface area contributed by atoms with Crippen molar-refractivity contribution in [2.45, 2.75) is 49.4 Å². The summed E-state index contributed by atoms with van der Waals surface area (Å²) < 4.78 is 67.7. The number of nitrogens with two attached hydrogens (primary N) is 1. The molecular weight excluding hydrogens is 592 g/mol. The molecule has 2 bridgehead atoms. The Kier molecular flexibility index (Phi) is 7.58. The molecule has 6 rings (SSSR count). The SMILES string of the molecule is CO[C@@H]1[C@@H]2O[P+](=O)OC[C@@H]3C[C@@H](OP(=O)(O)OC[C@H]2O[C@H]1n1cnc2c(N)ncnc21)[C@H](n1ccc(=O)[nH]c1=O)O3. The predicted octanol–water partition coefficient (Wildman–Crippen LogP) is -0.266. The topological polar surface area (TPSA) is 243 Å². The molecule has 6 heterocycles. The summed E-state index contributed by atoms with van der Waals surface area (Å²) in [6.07, 6.45) is -3.64. The molecule has 3 aromatic rings. The summed E-state index contributed by atoms with van der Waals surface area (Å²) >= 11 is 0. The first kappa shape index (κ1) is 28.2. The van der Waals surface area contributed by atoms with Crippen LogP contribution in [0.25, 0.3) is 11.2 Å². The van der Waals surface area contributed by atoms with E-state index in [4.69, 9.17) is 38.0 Å². The van der Waals surface area contributed by atoms with Crippen molar-refractivity contribution in [3.05, 3.63) is 45.8 Å². The third-order valence-corrected chi connectivity index (χ3v) is 8.52. The van der Waals surface area contributed by atoms with Crippen LogP contribution in [0.2, 0.25) is 0 Å². The molecule has 0 amide bonds. The molecule has 3 saturated heterocycles. The number of imidazole rings is 1. The van der Waals surface area contributed by atoms with Crippen LogP contribution in [-0.4, -0.2) is 84.8 Å². The number of anilines is 1. The highest BCUT2D eigenvalue weighted by Gasteiger charge is 2.54. The van der Waals surface area contributed by atoms with Crippen LogP contribution in [0.4, 0.5) is 5.82 Å². The molecule has 3 fully saturated rings. The summed E-state index contributed by atoms with van der Waals surface area (Å²) in [4.78, 5) is 48.9. The lowest BCUT2D eigenvalue weighted by Gasteiger charge is -2.23. The minimum atomic E-state index is -4.81. The van der Waals surface area contributed by atoms with Gasteiger partial charge in [-0.1, -0.05) is 0 Å². The molecule has 9 atom stereocenters. The van der Waals surface area contributed by atoms with Crippen molar-refractivity contribution >= 4 is 33.1 Å². The monoisotopic (exact) mass is 616 g/mol. The summed E-state index contributed by atoms with van der Waals surface area (Å²) in [5.41, 5.74) is 5.03. The van der Waals surface area contributed by atoms with Gasteiger partial charge in [0.2, 0.25) is 0 Å². The van der Waals surface area contributed by atoms with E-state index in [1.54, 1.807) is 0 Å².